The van der Waals surface area contributed by atoms with E-state index in [9.17, 15) is 0 Å². The van der Waals surface area contributed by atoms with Crippen molar-refractivity contribution in [1.29, 1.82) is 0 Å². The van der Waals surface area contributed by atoms with E-state index in [-0.39, 0.29) is 18.4 Å². The summed E-state index contributed by atoms with van der Waals surface area (Å²) in [6.45, 7) is 2.72. The van der Waals surface area contributed by atoms with Crippen molar-refractivity contribution in [3.63, 3.8) is 0 Å². The summed E-state index contributed by atoms with van der Waals surface area (Å²) < 4.78 is 4.77. The molecule has 2 N–H and O–H groups in total. The van der Waals surface area contributed by atoms with Crippen LogP contribution in [-0.4, -0.2) is 19.8 Å². The number of methoxy groups -OCH3 is 1. The molecule has 0 aliphatic carbocycles. The van der Waals surface area contributed by atoms with Crippen molar-refractivity contribution in [1.82, 2.24) is 0 Å². The third-order valence-electron chi connectivity index (χ3n) is 0.905. The van der Waals surface area contributed by atoms with E-state index in [1.54, 1.807) is 7.11 Å². The minimum Gasteiger partial charge on any atom is -0.383 e. The molecule has 1 unspecified atom stereocenters. The van der Waals surface area contributed by atoms with E-state index < -0.39 is 0 Å². The van der Waals surface area contributed by atoms with Gasteiger partial charge in [-0.2, -0.15) is 0 Å². The number of hydrogen-bond donors (Lipinski definition) is 1. The Hall–Kier alpha value is 0.210. The van der Waals surface area contributed by atoms with Crippen LogP contribution in [0, 0.1) is 0 Å². The number of hydrogen-bond acceptors (Lipinski definition) is 2. The first-order valence-corrected chi connectivity index (χ1v) is 2.55. The van der Waals surface area contributed by atoms with Gasteiger partial charge in [0.2, 0.25) is 0 Å². The summed E-state index contributed by atoms with van der Waals surface area (Å²) in [5.41, 5.74) is 5.46. The maximum atomic E-state index is 5.46. The van der Waals surface area contributed by atoms with Crippen LogP contribution in [0.3, 0.4) is 0 Å². The van der Waals surface area contributed by atoms with Gasteiger partial charge in [-0.25, -0.2) is 0 Å². The Balaban J connectivity index is 0. The van der Waals surface area contributed by atoms with Gasteiger partial charge in [0.15, 0.2) is 0 Å². The van der Waals surface area contributed by atoms with Crippen molar-refractivity contribution in [3.05, 3.63) is 0 Å². The molecule has 0 aliphatic heterocycles. The second kappa shape index (κ2) is 7.21. The second-order valence-corrected chi connectivity index (χ2v) is 1.62. The molecule has 0 aromatic rings. The fourth-order valence-electron chi connectivity index (χ4n) is 0.332. The Morgan fingerprint density at radius 3 is 2.25 bits per heavy atom. The van der Waals surface area contributed by atoms with Crippen molar-refractivity contribution in [3.8, 4) is 0 Å². The first kappa shape index (κ1) is 11.1. The van der Waals surface area contributed by atoms with Gasteiger partial charge in [-0.05, 0) is 6.42 Å². The van der Waals surface area contributed by atoms with Gasteiger partial charge in [-0.3, -0.25) is 0 Å². The van der Waals surface area contributed by atoms with Crippen LogP contribution in [0.25, 0.3) is 0 Å². The van der Waals surface area contributed by atoms with Crippen LogP contribution in [0.15, 0.2) is 0 Å². The van der Waals surface area contributed by atoms with Gasteiger partial charge in [-0.15, -0.1) is 12.4 Å². The lowest BCUT2D eigenvalue weighted by Crippen LogP contribution is -2.23. The molecule has 8 heavy (non-hydrogen) atoms. The summed E-state index contributed by atoms with van der Waals surface area (Å²) in [6.07, 6.45) is 0.994. The summed E-state index contributed by atoms with van der Waals surface area (Å²) in [5, 5.41) is 0. The fourth-order valence-corrected chi connectivity index (χ4v) is 0.332. The zero-order valence-electron chi connectivity index (χ0n) is 5.39. The number of rotatable bonds is 3. The monoisotopic (exact) mass is 139 g/mol. The van der Waals surface area contributed by atoms with Crippen LogP contribution in [0.4, 0.5) is 0 Å². The molecule has 0 aliphatic rings. The minimum atomic E-state index is 0. The van der Waals surface area contributed by atoms with Crippen molar-refractivity contribution in [2.75, 3.05) is 13.7 Å². The standard InChI is InChI=1S/C5H13NO.ClH/c1-3-5(6)4-7-2;/h5H,3-4,6H2,1-2H3;1H. The molecule has 0 spiro atoms. The van der Waals surface area contributed by atoms with Gasteiger partial charge in [-0.1, -0.05) is 6.92 Å². The smallest absolute Gasteiger partial charge is 0.0613 e. The Labute approximate surface area is 56.8 Å². The summed E-state index contributed by atoms with van der Waals surface area (Å²) in [4.78, 5) is 0. The minimum absolute atomic E-state index is 0. The molecule has 0 saturated heterocycles. The van der Waals surface area contributed by atoms with Gasteiger partial charge in [0, 0.05) is 13.2 Å². The van der Waals surface area contributed by atoms with E-state index in [1.807, 2.05) is 6.92 Å². The van der Waals surface area contributed by atoms with Crippen molar-refractivity contribution >= 4 is 12.4 Å². The fraction of sp³-hybridized carbons (Fsp3) is 1.00. The largest absolute Gasteiger partial charge is 0.383 e. The SMILES string of the molecule is CCC(N)COC.Cl. The molecule has 0 amide bonds. The van der Waals surface area contributed by atoms with E-state index in [0.717, 1.165) is 6.42 Å². The van der Waals surface area contributed by atoms with Gasteiger partial charge < -0.3 is 10.5 Å². The molecule has 0 fully saturated rings. The van der Waals surface area contributed by atoms with E-state index >= 15 is 0 Å². The molecular formula is C5H14ClNO. The van der Waals surface area contributed by atoms with Gasteiger partial charge >= 0.3 is 0 Å². The van der Waals surface area contributed by atoms with Crippen molar-refractivity contribution in [2.24, 2.45) is 5.73 Å². The molecule has 0 bridgehead atoms. The number of nitrogens with two attached hydrogens (primary N) is 1. The Kier molecular flexibility index (Phi) is 9.97. The average molecular weight is 140 g/mol. The highest BCUT2D eigenvalue weighted by Crippen LogP contribution is 1.83. The number of halogens is 1. The molecule has 0 heterocycles. The third-order valence-corrected chi connectivity index (χ3v) is 0.905. The summed E-state index contributed by atoms with van der Waals surface area (Å²) in [6, 6.07) is 0.227. The Bertz CT molecular complexity index is 43.4. The normalized spacial score (nSPS) is 12.4. The van der Waals surface area contributed by atoms with Crippen LogP contribution in [0.5, 0.6) is 0 Å². The topological polar surface area (TPSA) is 35.2 Å². The molecule has 0 aromatic carbocycles. The molecule has 0 radical (unpaired) electrons. The first-order valence-electron chi connectivity index (χ1n) is 2.55. The molecule has 0 saturated carbocycles. The van der Waals surface area contributed by atoms with Crippen LogP contribution >= 0.6 is 12.4 Å². The maximum absolute atomic E-state index is 5.46. The molecule has 0 rings (SSSR count). The van der Waals surface area contributed by atoms with E-state index in [2.05, 4.69) is 0 Å². The van der Waals surface area contributed by atoms with Gasteiger partial charge in [0.05, 0.1) is 6.61 Å². The summed E-state index contributed by atoms with van der Waals surface area (Å²) >= 11 is 0. The van der Waals surface area contributed by atoms with E-state index in [1.165, 1.54) is 0 Å². The maximum Gasteiger partial charge on any atom is 0.0613 e. The zero-order valence-corrected chi connectivity index (χ0v) is 6.20. The first-order chi connectivity index (χ1) is 3.31. The highest BCUT2D eigenvalue weighted by atomic mass is 35.5. The van der Waals surface area contributed by atoms with Crippen LogP contribution < -0.4 is 5.73 Å². The van der Waals surface area contributed by atoms with Crippen molar-refractivity contribution in [2.45, 2.75) is 19.4 Å². The molecule has 1 atom stereocenters. The quantitative estimate of drug-likeness (QED) is 0.628. The lowest BCUT2D eigenvalue weighted by molar-refractivity contribution is 0.179. The molecular weight excluding hydrogens is 126 g/mol. The van der Waals surface area contributed by atoms with Crippen LogP contribution in [-0.2, 0) is 4.74 Å². The molecule has 52 valence electrons. The zero-order chi connectivity index (χ0) is 5.70. The highest BCUT2D eigenvalue weighted by Gasteiger charge is 1.93. The van der Waals surface area contributed by atoms with Crippen LogP contribution in [0.1, 0.15) is 13.3 Å². The summed E-state index contributed by atoms with van der Waals surface area (Å²) in [7, 11) is 1.66. The molecule has 2 nitrogen and oxygen atoms in total. The second-order valence-electron chi connectivity index (χ2n) is 1.62. The third kappa shape index (κ3) is 6.21. The molecule has 3 heteroatoms. The van der Waals surface area contributed by atoms with Crippen LogP contribution in [0.2, 0.25) is 0 Å². The summed E-state index contributed by atoms with van der Waals surface area (Å²) in [5.74, 6) is 0. The molecule has 0 aromatic heterocycles. The Morgan fingerprint density at radius 1 is 1.62 bits per heavy atom. The van der Waals surface area contributed by atoms with E-state index in [4.69, 9.17) is 10.5 Å². The Morgan fingerprint density at radius 2 is 2.12 bits per heavy atom. The highest BCUT2D eigenvalue weighted by molar-refractivity contribution is 5.85. The van der Waals surface area contributed by atoms with Crippen molar-refractivity contribution < 1.29 is 4.74 Å². The lowest BCUT2D eigenvalue weighted by atomic mass is 10.3. The number of ether oxygens (including phenoxy) is 1. The van der Waals surface area contributed by atoms with Gasteiger partial charge in [0.25, 0.3) is 0 Å². The average Bonchev–Trinajstić information content (AvgIpc) is 1.68. The predicted octanol–water partition coefficient (Wildman–Crippen LogP) is 0.792. The van der Waals surface area contributed by atoms with E-state index in [0.29, 0.717) is 6.61 Å². The van der Waals surface area contributed by atoms with Gasteiger partial charge in [0.1, 0.15) is 0 Å². The predicted molar refractivity (Wildman–Crippen MR) is 37.4 cm³/mol. The lowest BCUT2D eigenvalue weighted by Gasteiger charge is -2.03.